The van der Waals surface area contributed by atoms with Gasteiger partial charge in [0.2, 0.25) is 0 Å². The second kappa shape index (κ2) is 8.17. The SMILES string of the molecule is CCc1ccc(CC(CCOc2cccc(C)c2)NN)s1. The van der Waals surface area contributed by atoms with E-state index in [1.807, 2.05) is 23.5 Å². The molecule has 114 valence electrons. The van der Waals surface area contributed by atoms with Gasteiger partial charge >= 0.3 is 0 Å². The van der Waals surface area contributed by atoms with Crippen LogP contribution < -0.4 is 16.0 Å². The smallest absolute Gasteiger partial charge is 0.119 e. The predicted molar refractivity (Wildman–Crippen MR) is 89.8 cm³/mol. The van der Waals surface area contributed by atoms with Crippen molar-refractivity contribution in [1.82, 2.24) is 5.43 Å². The van der Waals surface area contributed by atoms with Crippen molar-refractivity contribution in [3.05, 3.63) is 51.7 Å². The minimum atomic E-state index is 0.248. The van der Waals surface area contributed by atoms with Crippen molar-refractivity contribution in [3.63, 3.8) is 0 Å². The Morgan fingerprint density at radius 3 is 2.71 bits per heavy atom. The van der Waals surface area contributed by atoms with E-state index in [2.05, 4.69) is 43.5 Å². The summed E-state index contributed by atoms with van der Waals surface area (Å²) in [6, 6.07) is 12.8. The Labute approximate surface area is 131 Å². The first-order valence-corrected chi connectivity index (χ1v) is 8.26. The van der Waals surface area contributed by atoms with E-state index in [4.69, 9.17) is 10.6 Å². The molecule has 0 saturated heterocycles. The lowest BCUT2D eigenvalue weighted by atomic mass is 10.1. The molecule has 2 rings (SSSR count). The summed E-state index contributed by atoms with van der Waals surface area (Å²) >= 11 is 1.87. The average Bonchev–Trinajstić information content (AvgIpc) is 2.94. The quantitative estimate of drug-likeness (QED) is 0.580. The van der Waals surface area contributed by atoms with Crippen LogP contribution in [0.25, 0.3) is 0 Å². The largest absolute Gasteiger partial charge is 0.494 e. The van der Waals surface area contributed by atoms with Crippen LogP contribution >= 0.6 is 11.3 Å². The molecule has 0 fully saturated rings. The molecule has 0 radical (unpaired) electrons. The number of aryl methyl sites for hydroxylation is 2. The highest BCUT2D eigenvalue weighted by atomic mass is 32.1. The average molecular weight is 304 g/mol. The van der Waals surface area contributed by atoms with Crippen molar-refractivity contribution in [2.24, 2.45) is 5.84 Å². The van der Waals surface area contributed by atoms with E-state index >= 15 is 0 Å². The van der Waals surface area contributed by atoms with E-state index in [1.54, 1.807) is 0 Å². The van der Waals surface area contributed by atoms with Crippen molar-refractivity contribution >= 4 is 11.3 Å². The summed E-state index contributed by atoms with van der Waals surface area (Å²) < 4.78 is 5.79. The predicted octanol–water partition coefficient (Wildman–Crippen LogP) is 3.46. The zero-order chi connectivity index (χ0) is 15.1. The number of rotatable bonds is 8. The molecule has 0 aliphatic rings. The van der Waals surface area contributed by atoms with Gasteiger partial charge in [-0.05, 0) is 56.0 Å². The second-order valence-corrected chi connectivity index (χ2v) is 6.50. The third-order valence-electron chi connectivity index (χ3n) is 3.47. The molecule has 3 N–H and O–H groups in total. The van der Waals surface area contributed by atoms with Crippen molar-refractivity contribution in [2.75, 3.05) is 6.61 Å². The molecule has 1 aromatic carbocycles. The number of thiophene rings is 1. The van der Waals surface area contributed by atoms with E-state index in [-0.39, 0.29) is 6.04 Å². The summed E-state index contributed by atoms with van der Waals surface area (Å²) in [5, 5.41) is 0. The van der Waals surface area contributed by atoms with Gasteiger partial charge in [-0.3, -0.25) is 11.3 Å². The highest BCUT2D eigenvalue weighted by Gasteiger charge is 2.10. The number of hydrogen-bond donors (Lipinski definition) is 2. The van der Waals surface area contributed by atoms with Crippen LogP contribution in [0.5, 0.6) is 5.75 Å². The molecule has 1 heterocycles. The minimum Gasteiger partial charge on any atom is -0.494 e. The van der Waals surface area contributed by atoms with Gasteiger partial charge in [-0.25, -0.2) is 0 Å². The van der Waals surface area contributed by atoms with E-state index < -0.39 is 0 Å². The van der Waals surface area contributed by atoms with Gasteiger partial charge in [0.15, 0.2) is 0 Å². The van der Waals surface area contributed by atoms with Crippen molar-refractivity contribution in [1.29, 1.82) is 0 Å². The lowest BCUT2D eigenvalue weighted by Crippen LogP contribution is -2.37. The first kappa shape index (κ1) is 16.0. The normalized spacial score (nSPS) is 12.3. The van der Waals surface area contributed by atoms with Gasteiger partial charge in [-0.15, -0.1) is 11.3 Å². The molecular formula is C17H24N2OS. The number of nitrogens with one attached hydrogen (secondary N) is 1. The number of nitrogens with two attached hydrogens (primary N) is 1. The van der Waals surface area contributed by atoms with Crippen LogP contribution in [-0.4, -0.2) is 12.6 Å². The van der Waals surface area contributed by atoms with Crippen LogP contribution in [0, 0.1) is 6.92 Å². The molecule has 0 aliphatic carbocycles. The van der Waals surface area contributed by atoms with Crippen LogP contribution in [0.3, 0.4) is 0 Å². The van der Waals surface area contributed by atoms with Gasteiger partial charge in [0.1, 0.15) is 5.75 Å². The molecule has 0 aliphatic heterocycles. The van der Waals surface area contributed by atoms with Crippen LogP contribution in [0.4, 0.5) is 0 Å². The van der Waals surface area contributed by atoms with Gasteiger partial charge in [0, 0.05) is 15.8 Å². The summed E-state index contributed by atoms with van der Waals surface area (Å²) in [6.07, 6.45) is 2.95. The Hall–Kier alpha value is -1.36. The van der Waals surface area contributed by atoms with Gasteiger partial charge in [0.05, 0.1) is 6.61 Å². The molecule has 1 atom stereocenters. The van der Waals surface area contributed by atoms with Crippen LogP contribution in [-0.2, 0) is 12.8 Å². The second-order valence-electron chi connectivity index (χ2n) is 5.24. The molecule has 3 nitrogen and oxygen atoms in total. The van der Waals surface area contributed by atoms with Gasteiger partial charge in [-0.2, -0.15) is 0 Å². The number of hydrazine groups is 1. The summed E-state index contributed by atoms with van der Waals surface area (Å²) in [5.41, 5.74) is 4.12. The summed E-state index contributed by atoms with van der Waals surface area (Å²) in [7, 11) is 0. The van der Waals surface area contributed by atoms with Crippen molar-refractivity contribution in [2.45, 2.75) is 39.2 Å². The summed E-state index contributed by atoms with van der Waals surface area (Å²) in [5.74, 6) is 6.59. The fraction of sp³-hybridized carbons (Fsp3) is 0.412. The minimum absolute atomic E-state index is 0.248. The molecule has 0 spiro atoms. The molecule has 1 unspecified atom stereocenters. The Morgan fingerprint density at radius 1 is 1.24 bits per heavy atom. The standard InChI is InChI=1S/C17H24N2OS/c1-3-16-7-8-17(21-16)12-14(19-18)9-10-20-15-6-4-5-13(2)11-15/h4-8,11,14,19H,3,9-10,12,18H2,1-2H3. The van der Waals surface area contributed by atoms with Gasteiger partial charge in [-0.1, -0.05) is 19.1 Å². The Morgan fingerprint density at radius 2 is 2.05 bits per heavy atom. The first-order valence-electron chi connectivity index (χ1n) is 7.44. The maximum absolute atomic E-state index is 5.79. The highest BCUT2D eigenvalue weighted by molar-refractivity contribution is 7.11. The van der Waals surface area contributed by atoms with E-state index in [9.17, 15) is 0 Å². The Balaban J connectivity index is 1.79. The van der Waals surface area contributed by atoms with E-state index in [1.165, 1.54) is 15.3 Å². The van der Waals surface area contributed by atoms with Crippen LogP contribution in [0.15, 0.2) is 36.4 Å². The lowest BCUT2D eigenvalue weighted by molar-refractivity contribution is 0.285. The van der Waals surface area contributed by atoms with E-state index in [0.29, 0.717) is 6.61 Å². The van der Waals surface area contributed by atoms with Gasteiger partial charge in [0.25, 0.3) is 0 Å². The zero-order valence-electron chi connectivity index (χ0n) is 12.8. The molecule has 0 saturated carbocycles. The topological polar surface area (TPSA) is 47.3 Å². The monoisotopic (exact) mass is 304 g/mol. The molecule has 2 aromatic rings. The third kappa shape index (κ3) is 5.16. The van der Waals surface area contributed by atoms with Gasteiger partial charge < -0.3 is 4.74 Å². The highest BCUT2D eigenvalue weighted by Crippen LogP contribution is 2.19. The third-order valence-corrected chi connectivity index (χ3v) is 4.73. The summed E-state index contributed by atoms with van der Waals surface area (Å²) in [4.78, 5) is 2.81. The lowest BCUT2D eigenvalue weighted by Gasteiger charge is -2.15. The number of ether oxygens (including phenoxy) is 1. The molecule has 4 heteroatoms. The number of hydrogen-bond acceptors (Lipinski definition) is 4. The number of benzene rings is 1. The molecule has 0 amide bonds. The zero-order valence-corrected chi connectivity index (χ0v) is 13.6. The Kier molecular flexibility index (Phi) is 6.23. The van der Waals surface area contributed by atoms with Crippen molar-refractivity contribution < 1.29 is 4.74 Å². The van der Waals surface area contributed by atoms with Crippen LogP contribution in [0.2, 0.25) is 0 Å². The molecule has 21 heavy (non-hydrogen) atoms. The molecule has 0 bridgehead atoms. The van der Waals surface area contributed by atoms with Crippen LogP contribution in [0.1, 0.15) is 28.7 Å². The maximum atomic E-state index is 5.79. The fourth-order valence-electron chi connectivity index (χ4n) is 2.23. The molecular weight excluding hydrogens is 280 g/mol. The Bertz CT molecular complexity index is 553. The maximum Gasteiger partial charge on any atom is 0.119 e. The molecule has 1 aromatic heterocycles. The van der Waals surface area contributed by atoms with E-state index in [0.717, 1.165) is 25.0 Å². The van der Waals surface area contributed by atoms with Crippen molar-refractivity contribution in [3.8, 4) is 5.75 Å². The first-order chi connectivity index (χ1) is 10.2. The summed E-state index contributed by atoms with van der Waals surface area (Å²) in [6.45, 7) is 4.92. The fourth-order valence-corrected chi connectivity index (χ4v) is 3.27.